The Morgan fingerprint density at radius 2 is 1.31 bits per heavy atom. The number of alkyl halides is 12. The zero-order chi connectivity index (χ0) is 37.2. The Bertz CT molecular complexity index is 1730. The Kier molecular flexibility index (Phi) is 11.3. The van der Waals surface area contributed by atoms with Gasteiger partial charge in [-0.2, -0.15) is 61.1 Å². The lowest BCUT2D eigenvalue weighted by molar-refractivity contribution is -0.143. The van der Waals surface area contributed by atoms with Crippen LogP contribution in [0.2, 0.25) is 0 Å². The first-order valence-electron chi connectivity index (χ1n) is 13.2. The highest BCUT2D eigenvalue weighted by Gasteiger charge is 2.49. The second kappa shape index (κ2) is 14.2. The summed E-state index contributed by atoms with van der Waals surface area (Å²) in [5, 5.41) is 8.70. The fraction of sp³-hybridized carbons (Fsp3) is 0.370. The molecule has 1 heterocycles. The highest BCUT2D eigenvalue weighted by Crippen LogP contribution is 2.40. The van der Waals surface area contributed by atoms with Gasteiger partial charge in [-0.1, -0.05) is 0 Å². The number of rotatable bonds is 12. The van der Waals surface area contributed by atoms with Gasteiger partial charge in [0.25, 0.3) is 0 Å². The summed E-state index contributed by atoms with van der Waals surface area (Å²) >= 11 is 0. The summed E-state index contributed by atoms with van der Waals surface area (Å²) in [7, 11) is -6.50. The second-order valence-corrected chi connectivity index (χ2v) is 11.6. The number of aryl methyl sites for hydroxylation is 1. The van der Waals surface area contributed by atoms with E-state index in [0.29, 0.717) is 4.90 Å². The third kappa shape index (κ3) is 10.5. The topological polar surface area (TPSA) is 119 Å². The summed E-state index contributed by atoms with van der Waals surface area (Å²) in [5.74, 6) is -3.19. The van der Waals surface area contributed by atoms with E-state index in [0.717, 1.165) is 19.3 Å². The molecule has 0 fully saturated rings. The largest absolute Gasteiger partial charge is 0.534 e. The predicted molar refractivity (Wildman–Crippen MR) is 143 cm³/mol. The van der Waals surface area contributed by atoms with Crippen LogP contribution in [0.1, 0.15) is 46.2 Å². The first-order chi connectivity index (χ1) is 22.3. The number of halogens is 12. The lowest BCUT2D eigenvalue weighted by Crippen LogP contribution is -2.30. The minimum absolute atomic E-state index is 0.0127. The van der Waals surface area contributed by atoms with Gasteiger partial charge in [-0.15, -0.1) is 0 Å². The molecule has 0 saturated heterocycles. The molecule has 0 unspecified atom stereocenters. The molecular weight excluding hydrogens is 722 g/mol. The lowest BCUT2D eigenvalue weighted by Gasteiger charge is -2.26. The van der Waals surface area contributed by atoms with Gasteiger partial charge in [0, 0.05) is 25.1 Å². The molecule has 0 radical (unpaired) electrons. The maximum Gasteiger partial charge on any atom is 0.534 e. The van der Waals surface area contributed by atoms with Crippen LogP contribution in [-0.2, 0) is 46.5 Å². The van der Waals surface area contributed by atoms with Crippen molar-refractivity contribution in [2.45, 2.75) is 56.9 Å². The van der Waals surface area contributed by atoms with Gasteiger partial charge >= 0.3 is 40.1 Å². The summed E-state index contributed by atoms with van der Waals surface area (Å²) in [6.45, 7) is -1.64. The van der Waals surface area contributed by atoms with Crippen molar-refractivity contribution >= 4 is 22.0 Å². The fourth-order valence-electron chi connectivity index (χ4n) is 4.10. The molecular formula is C27H21F12N3O6S. The molecule has 0 saturated carbocycles. The van der Waals surface area contributed by atoms with E-state index in [4.69, 9.17) is 9.84 Å². The van der Waals surface area contributed by atoms with Gasteiger partial charge < -0.3 is 18.9 Å². The van der Waals surface area contributed by atoms with Gasteiger partial charge in [0.2, 0.25) is 5.95 Å². The van der Waals surface area contributed by atoms with Crippen molar-refractivity contribution in [3.05, 3.63) is 76.1 Å². The molecule has 0 aliphatic heterocycles. The van der Waals surface area contributed by atoms with Crippen molar-refractivity contribution in [2.24, 2.45) is 0 Å². The SMILES string of the molecule is Cc1cc(C(F)(F)F)cc(CN(Cc2cc(C(F)(F)F)cc(C(F)(F)F)c2)c2ncc(OCCCC(=O)O)cn2)c1OS(=O)(=O)C(F)(F)F. The van der Waals surface area contributed by atoms with Crippen molar-refractivity contribution in [1.29, 1.82) is 0 Å². The normalized spacial score (nSPS) is 12.9. The van der Waals surface area contributed by atoms with Crippen molar-refractivity contribution in [3.63, 3.8) is 0 Å². The molecule has 1 aromatic heterocycles. The average molecular weight is 744 g/mol. The van der Waals surface area contributed by atoms with Gasteiger partial charge in [-0.3, -0.25) is 4.79 Å². The molecule has 0 spiro atoms. The van der Waals surface area contributed by atoms with E-state index in [2.05, 4.69) is 14.2 Å². The summed E-state index contributed by atoms with van der Waals surface area (Å²) in [6.07, 6.45) is -14.3. The van der Waals surface area contributed by atoms with Gasteiger partial charge in [0.05, 0.1) is 35.7 Å². The van der Waals surface area contributed by atoms with Gasteiger partial charge in [-0.25, -0.2) is 9.97 Å². The monoisotopic (exact) mass is 743 g/mol. The quantitative estimate of drug-likeness (QED) is 0.0870. The zero-order valence-corrected chi connectivity index (χ0v) is 25.2. The first kappa shape index (κ1) is 38.9. The number of carboxylic acid groups (broad SMARTS) is 1. The van der Waals surface area contributed by atoms with Crippen LogP contribution < -0.4 is 13.8 Å². The number of anilines is 1. The highest BCUT2D eigenvalue weighted by molar-refractivity contribution is 7.88. The summed E-state index contributed by atoms with van der Waals surface area (Å²) in [6, 6.07) is 0.764. The minimum atomic E-state index is -6.50. The molecule has 270 valence electrons. The van der Waals surface area contributed by atoms with Crippen LogP contribution in [0.4, 0.5) is 58.6 Å². The molecule has 49 heavy (non-hydrogen) atoms. The maximum atomic E-state index is 13.7. The number of carbonyl (C=O) groups is 1. The molecule has 0 amide bonds. The standard InChI is InChI=1S/C27H21F12N3O6S/c1-14-5-17(24(28,29)30)8-16(22(14)48-49(45,46)27(37,38)39)13-42(23-40-10-20(11-41-23)47-4-2-3-21(43)44)12-15-6-18(25(31,32)33)9-19(7-15)26(34,35)36/h5-11H,2-4,12-13H2,1H3,(H,43,44). The highest BCUT2D eigenvalue weighted by atomic mass is 32.2. The van der Waals surface area contributed by atoms with Crippen LogP contribution in [0.3, 0.4) is 0 Å². The number of carboxylic acids is 1. The number of aliphatic carboxylic acids is 1. The number of nitrogens with zero attached hydrogens (tertiary/aromatic N) is 3. The van der Waals surface area contributed by atoms with Gasteiger partial charge in [0.1, 0.15) is 0 Å². The van der Waals surface area contributed by atoms with E-state index in [-0.39, 0.29) is 55.5 Å². The molecule has 0 aliphatic carbocycles. The molecule has 9 nitrogen and oxygen atoms in total. The number of benzene rings is 2. The van der Waals surface area contributed by atoms with E-state index in [1.165, 1.54) is 0 Å². The second-order valence-electron chi connectivity index (χ2n) is 10.1. The smallest absolute Gasteiger partial charge is 0.490 e. The van der Waals surface area contributed by atoms with Crippen molar-refractivity contribution < 1.29 is 79.9 Å². The first-order valence-corrected chi connectivity index (χ1v) is 14.6. The number of ether oxygens (including phenoxy) is 1. The van der Waals surface area contributed by atoms with Crippen LogP contribution in [0, 0.1) is 6.92 Å². The predicted octanol–water partition coefficient (Wildman–Crippen LogP) is 7.52. The van der Waals surface area contributed by atoms with Crippen molar-refractivity contribution in [3.8, 4) is 11.5 Å². The zero-order valence-electron chi connectivity index (χ0n) is 24.4. The van der Waals surface area contributed by atoms with E-state index in [1.54, 1.807) is 0 Å². The van der Waals surface area contributed by atoms with E-state index >= 15 is 0 Å². The third-order valence-corrected chi connectivity index (χ3v) is 7.19. The van der Waals surface area contributed by atoms with Crippen molar-refractivity contribution in [1.82, 2.24) is 9.97 Å². The summed E-state index contributed by atoms with van der Waals surface area (Å²) < 4.78 is 195. The maximum absolute atomic E-state index is 13.7. The number of hydrogen-bond acceptors (Lipinski definition) is 8. The average Bonchev–Trinajstić information content (AvgIpc) is 2.94. The minimum Gasteiger partial charge on any atom is -0.490 e. The molecule has 3 rings (SSSR count). The molecule has 0 bridgehead atoms. The molecule has 3 aromatic rings. The Hall–Kier alpha value is -4.50. The van der Waals surface area contributed by atoms with Crippen LogP contribution in [0.25, 0.3) is 0 Å². The van der Waals surface area contributed by atoms with Crippen LogP contribution in [-0.4, -0.2) is 41.6 Å². The Morgan fingerprint density at radius 1 is 0.796 bits per heavy atom. The number of aromatic nitrogens is 2. The molecule has 0 aliphatic rings. The van der Waals surface area contributed by atoms with Gasteiger partial charge in [-0.05, 0) is 54.8 Å². The Labute approximate surface area is 268 Å². The van der Waals surface area contributed by atoms with E-state index in [1.807, 2.05) is 0 Å². The summed E-state index contributed by atoms with van der Waals surface area (Å²) in [5.41, 5.74) is -13.7. The van der Waals surface area contributed by atoms with Crippen LogP contribution >= 0.6 is 0 Å². The van der Waals surface area contributed by atoms with E-state index in [9.17, 15) is 65.9 Å². The Morgan fingerprint density at radius 3 is 1.78 bits per heavy atom. The van der Waals surface area contributed by atoms with E-state index < -0.39 is 98.3 Å². The van der Waals surface area contributed by atoms with Crippen molar-refractivity contribution in [2.75, 3.05) is 11.5 Å². The number of hydrogen-bond donors (Lipinski definition) is 1. The lowest BCUT2D eigenvalue weighted by atomic mass is 10.0. The molecule has 1 N–H and O–H groups in total. The third-order valence-electron chi connectivity index (χ3n) is 6.24. The molecule has 2 aromatic carbocycles. The van der Waals surface area contributed by atoms with Crippen LogP contribution in [0.5, 0.6) is 11.5 Å². The molecule has 0 atom stereocenters. The Balaban J connectivity index is 2.19. The molecule has 22 heteroatoms. The van der Waals surface area contributed by atoms with Crippen LogP contribution in [0.15, 0.2) is 42.7 Å². The van der Waals surface area contributed by atoms with Gasteiger partial charge in [0.15, 0.2) is 11.5 Å². The fourth-order valence-corrected chi connectivity index (χ4v) is 4.65. The summed E-state index contributed by atoms with van der Waals surface area (Å²) in [4.78, 5) is 19.0.